The molecule has 0 aliphatic rings. The first-order valence-electron chi connectivity index (χ1n) is 6.36. The highest BCUT2D eigenvalue weighted by Crippen LogP contribution is 2.22. The highest BCUT2D eigenvalue weighted by Gasteiger charge is 2.07. The van der Waals surface area contributed by atoms with E-state index in [9.17, 15) is 4.79 Å². The van der Waals surface area contributed by atoms with Gasteiger partial charge in [0.25, 0.3) is 0 Å². The molecule has 1 atom stereocenters. The maximum atomic E-state index is 11.3. The van der Waals surface area contributed by atoms with Gasteiger partial charge in [0, 0.05) is 16.2 Å². The van der Waals surface area contributed by atoms with Gasteiger partial charge in [-0.15, -0.1) is 0 Å². The summed E-state index contributed by atoms with van der Waals surface area (Å²) in [7, 11) is 0. The normalized spacial score (nSPS) is 12.5. The third-order valence-corrected chi connectivity index (χ3v) is 3.80. The molecular formula is C15H14BrN3O. The largest absolute Gasteiger partial charge is 0.379 e. The summed E-state index contributed by atoms with van der Waals surface area (Å²) in [4.78, 5) is 16.8. The van der Waals surface area contributed by atoms with Crippen molar-refractivity contribution in [1.29, 1.82) is 0 Å². The summed E-state index contributed by atoms with van der Waals surface area (Å²) in [6.07, 6.45) is 0. The lowest BCUT2D eigenvalue weighted by Gasteiger charge is -2.15. The molecule has 3 aromatic rings. The second-order valence-corrected chi connectivity index (χ2v) is 5.67. The molecule has 3 rings (SSSR count). The fraction of sp³-hybridized carbons (Fsp3) is 0.133. The molecule has 0 radical (unpaired) electrons. The van der Waals surface area contributed by atoms with Gasteiger partial charge in [-0.05, 0) is 48.9 Å². The molecule has 1 aromatic heterocycles. The first-order chi connectivity index (χ1) is 9.61. The number of nitrogens with one attached hydrogen (secondary N) is 3. The average molecular weight is 332 g/mol. The fourth-order valence-electron chi connectivity index (χ4n) is 2.20. The Morgan fingerprint density at radius 1 is 1.05 bits per heavy atom. The minimum absolute atomic E-state index is 0.152. The van der Waals surface area contributed by atoms with Crippen LogP contribution in [-0.4, -0.2) is 9.97 Å². The molecule has 20 heavy (non-hydrogen) atoms. The van der Waals surface area contributed by atoms with Crippen LogP contribution in [0, 0.1) is 0 Å². The quantitative estimate of drug-likeness (QED) is 0.683. The van der Waals surface area contributed by atoms with Crippen LogP contribution in [0.1, 0.15) is 18.5 Å². The molecule has 2 aromatic carbocycles. The molecule has 0 spiro atoms. The molecular weight excluding hydrogens is 318 g/mol. The Bertz CT molecular complexity index is 789. The van der Waals surface area contributed by atoms with Crippen molar-refractivity contribution in [3.05, 3.63) is 63.0 Å². The number of anilines is 1. The highest BCUT2D eigenvalue weighted by molar-refractivity contribution is 9.10. The number of aromatic nitrogens is 2. The molecule has 1 unspecified atom stereocenters. The number of halogens is 1. The molecule has 1 heterocycles. The van der Waals surface area contributed by atoms with E-state index in [4.69, 9.17) is 0 Å². The third kappa shape index (κ3) is 2.63. The SMILES string of the molecule is CC(Nc1ccc(Br)cc1)c1ccc2[nH]c(=O)[nH]c2c1. The molecule has 5 heteroatoms. The minimum Gasteiger partial charge on any atom is -0.379 e. The van der Waals surface area contributed by atoms with E-state index in [1.54, 1.807) is 0 Å². The second-order valence-electron chi connectivity index (χ2n) is 4.76. The number of fused-ring (bicyclic) bond motifs is 1. The number of imidazole rings is 1. The maximum absolute atomic E-state index is 11.3. The zero-order valence-corrected chi connectivity index (χ0v) is 12.5. The van der Waals surface area contributed by atoms with Crippen molar-refractivity contribution < 1.29 is 0 Å². The van der Waals surface area contributed by atoms with E-state index >= 15 is 0 Å². The van der Waals surface area contributed by atoms with Crippen molar-refractivity contribution in [3.63, 3.8) is 0 Å². The van der Waals surface area contributed by atoms with E-state index in [1.807, 2.05) is 42.5 Å². The average Bonchev–Trinajstić information content (AvgIpc) is 2.80. The van der Waals surface area contributed by atoms with Gasteiger partial charge in [0.2, 0.25) is 0 Å². The summed E-state index contributed by atoms with van der Waals surface area (Å²) < 4.78 is 1.06. The first-order valence-corrected chi connectivity index (χ1v) is 7.15. The standard InChI is InChI=1S/C15H14BrN3O/c1-9(17-12-5-3-11(16)4-6-12)10-2-7-13-14(8-10)19-15(20)18-13/h2-9,17H,1H3,(H2,18,19,20). The van der Waals surface area contributed by atoms with Crippen LogP contribution in [-0.2, 0) is 0 Å². The fourth-order valence-corrected chi connectivity index (χ4v) is 2.46. The molecule has 0 fully saturated rings. The third-order valence-electron chi connectivity index (χ3n) is 3.27. The molecule has 0 aliphatic carbocycles. The van der Waals surface area contributed by atoms with Crippen molar-refractivity contribution in [2.24, 2.45) is 0 Å². The summed E-state index contributed by atoms with van der Waals surface area (Å²) in [5.41, 5.74) is 3.66. The summed E-state index contributed by atoms with van der Waals surface area (Å²) >= 11 is 3.42. The first kappa shape index (κ1) is 13.0. The van der Waals surface area contributed by atoms with E-state index in [0.717, 1.165) is 26.8 Å². The van der Waals surface area contributed by atoms with E-state index in [0.29, 0.717) is 0 Å². The predicted molar refractivity (Wildman–Crippen MR) is 85.1 cm³/mol. The lowest BCUT2D eigenvalue weighted by atomic mass is 10.1. The van der Waals surface area contributed by atoms with Gasteiger partial charge in [0.15, 0.2) is 0 Å². The van der Waals surface area contributed by atoms with Crippen molar-refractivity contribution in [3.8, 4) is 0 Å². The number of aromatic amines is 2. The zero-order valence-electron chi connectivity index (χ0n) is 10.9. The van der Waals surface area contributed by atoms with Gasteiger partial charge < -0.3 is 15.3 Å². The van der Waals surface area contributed by atoms with E-state index in [2.05, 4.69) is 38.1 Å². The summed E-state index contributed by atoms with van der Waals surface area (Å²) in [6.45, 7) is 2.09. The molecule has 0 aliphatic heterocycles. The smallest absolute Gasteiger partial charge is 0.323 e. The molecule has 0 amide bonds. The van der Waals surface area contributed by atoms with Crippen LogP contribution >= 0.6 is 15.9 Å². The molecule has 0 saturated heterocycles. The van der Waals surface area contributed by atoms with Crippen molar-refractivity contribution in [1.82, 2.24) is 9.97 Å². The molecule has 0 saturated carbocycles. The predicted octanol–water partition coefficient (Wildman–Crippen LogP) is 3.79. The maximum Gasteiger partial charge on any atom is 0.323 e. The molecule has 3 N–H and O–H groups in total. The van der Waals surface area contributed by atoms with Gasteiger partial charge in [-0.3, -0.25) is 0 Å². The van der Waals surface area contributed by atoms with Crippen LogP contribution < -0.4 is 11.0 Å². The molecule has 0 bridgehead atoms. The number of hydrogen-bond acceptors (Lipinski definition) is 2. The second kappa shape index (κ2) is 5.17. The van der Waals surface area contributed by atoms with Crippen LogP contribution in [0.3, 0.4) is 0 Å². The monoisotopic (exact) mass is 331 g/mol. The van der Waals surface area contributed by atoms with Crippen molar-refractivity contribution >= 4 is 32.7 Å². The Kier molecular flexibility index (Phi) is 3.36. The van der Waals surface area contributed by atoms with Gasteiger partial charge >= 0.3 is 5.69 Å². The Morgan fingerprint density at radius 3 is 2.50 bits per heavy atom. The molecule has 102 valence electrons. The van der Waals surface area contributed by atoms with E-state index < -0.39 is 0 Å². The number of H-pyrrole nitrogens is 2. The minimum atomic E-state index is -0.175. The number of rotatable bonds is 3. The van der Waals surface area contributed by atoms with Crippen LogP contribution in [0.25, 0.3) is 11.0 Å². The lowest BCUT2D eigenvalue weighted by molar-refractivity contribution is 0.886. The van der Waals surface area contributed by atoms with Crippen molar-refractivity contribution in [2.45, 2.75) is 13.0 Å². The highest BCUT2D eigenvalue weighted by atomic mass is 79.9. The molecule has 4 nitrogen and oxygen atoms in total. The van der Waals surface area contributed by atoms with Crippen LogP contribution in [0.2, 0.25) is 0 Å². The summed E-state index contributed by atoms with van der Waals surface area (Å²) in [5, 5.41) is 3.43. The zero-order chi connectivity index (χ0) is 14.1. The van der Waals surface area contributed by atoms with Gasteiger partial charge in [-0.2, -0.15) is 0 Å². The number of benzene rings is 2. The van der Waals surface area contributed by atoms with Crippen LogP contribution in [0.15, 0.2) is 51.7 Å². The van der Waals surface area contributed by atoms with Gasteiger partial charge in [0.1, 0.15) is 0 Å². The van der Waals surface area contributed by atoms with Crippen LogP contribution in [0.5, 0.6) is 0 Å². The van der Waals surface area contributed by atoms with E-state index in [1.165, 1.54) is 0 Å². The lowest BCUT2D eigenvalue weighted by Crippen LogP contribution is -2.06. The van der Waals surface area contributed by atoms with Gasteiger partial charge in [0.05, 0.1) is 11.0 Å². The van der Waals surface area contributed by atoms with Crippen LogP contribution in [0.4, 0.5) is 5.69 Å². The topological polar surface area (TPSA) is 60.7 Å². The summed E-state index contributed by atoms with van der Waals surface area (Å²) in [5.74, 6) is 0. The van der Waals surface area contributed by atoms with Gasteiger partial charge in [-0.1, -0.05) is 22.0 Å². The van der Waals surface area contributed by atoms with E-state index in [-0.39, 0.29) is 11.7 Å². The van der Waals surface area contributed by atoms with Gasteiger partial charge in [-0.25, -0.2) is 4.79 Å². The number of hydrogen-bond donors (Lipinski definition) is 3. The Morgan fingerprint density at radius 2 is 1.75 bits per heavy atom. The Hall–Kier alpha value is -2.01. The van der Waals surface area contributed by atoms with Crippen molar-refractivity contribution in [2.75, 3.05) is 5.32 Å². The Balaban J connectivity index is 1.85. The summed E-state index contributed by atoms with van der Waals surface area (Å²) in [6, 6.07) is 14.1. The Labute approximate surface area is 124 Å².